The Hall–Kier alpha value is -2.72. The Morgan fingerprint density at radius 1 is 0.864 bits per heavy atom. The number of rotatable bonds is 4. The number of nitrogens with zero attached hydrogens (tertiary/aromatic N) is 2. The van der Waals surface area contributed by atoms with Crippen molar-refractivity contribution in [1.82, 2.24) is 9.97 Å². The van der Waals surface area contributed by atoms with E-state index < -0.39 is 0 Å². The molecule has 3 rings (SSSR count). The molecule has 0 spiro atoms. The van der Waals surface area contributed by atoms with Gasteiger partial charge in [-0.3, -0.25) is 0 Å². The van der Waals surface area contributed by atoms with Gasteiger partial charge in [0.2, 0.25) is 0 Å². The number of benzene rings is 2. The summed E-state index contributed by atoms with van der Waals surface area (Å²) in [6.07, 6.45) is 0. The van der Waals surface area contributed by atoms with E-state index >= 15 is 0 Å². The standard InChI is InChI=1S/C18H17N3O/c1-19-17-15(12-22)20-18(14-10-6-3-7-11-14)21-16(17)13-8-4-2-5-9-13/h2-11,19,22H,12H2,1H3. The zero-order valence-electron chi connectivity index (χ0n) is 12.3. The fourth-order valence-corrected chi connectivity index (χ4v) is 2.41. The van der Waals surface area contributed by atoms with Gasteiger partial charge in [0.1, 0.15) is 0 Å². The van der Waals surface area contributed by atoms with Gasteiger partial charge in [-0.05, 0) is 0 Å². The van der Waals surface area contributed by atoms with Crippen molar-refractivity contribution in [2.75, 3.05) is 12.4 Å². The highest BCUT2D eigenvalue weighted by atomic mass is 16.3. The van der Waals surface area contributed by atoms with Crippen LogP contribution in [0.4, 0.5) is 5.69 Å². The van der Waals surface area contributed by atoms with E-state index in [9.17, 15) is 5.11 Å². The molecule has 0 bridgehead atoms. The lowest BCUT2D eigenvalue weighted by atomic mass is 10.1. The number of nitrogens with one attached hydrogen (secondary N) is 1. The molecular formula is C18H17N3O. The fourth-order valence-electron chi connectivity index (χ4n) is 2.41. The lowest BCUT2D eigenvalue weighted by Gasteiger charge is -2.14. The fraction of sp³-hybridized carbons (Fsp3) is 0.111. The van der Waals surface area contributed by atoms with Gasteiger partial charge in [-0.1, -0.05) is 60.7 Å². The smallest absolute Gasteiger partial charge is 0.160 e. The molecule has 110 valence electrons. The maximum atomic E-state index is 9.66. The number of hydrogen-bond acceptors (Lipinski definition) is 4. The third kappa shape index (κ3) is 2.69. The summed E-state index contributed by atoms with van der Waals surface area (Å²) in [7, 11) is 1.81. The first-order valence-electron chi connectivity index (χ1n) is 7.14. The molecule has 0 atom stereocenters. The molecule has 2 aromatic carbocycles. The molecule has 1 aromatic heterocycles. The second-order valence-corrected chi connectivity index (χ2v) is 4.86. The molecule has 4 nitrogen and oxygen atoms in total. The number of hydrogen-bond donors (Lipinski definition) is 2. The monoisotopic (exact) mass is 291 g/mol. The topological polar surface area (TPSA) is 58.0 Å². The van der Waals surface area contributed by atoms with Crippen molar-refractivity contribution in [3.63, 3.8) is 0 Å². The van der Waals surface area contributed by atoms with Crippen LogP contribution in [0.1, 0.15) is 5.69 Å². The van der Waals surface area contributed by atoms with E-state index in [1.807, 2.05) is 67.7 Å². The molecule has 0 unspecified atom stereocenters. The molecule has 2 N–H and O–H groups in total. The highest BCUT2D eigenvalue weighted by Crippen LogP contribution is 2.30. The maximum absolute atomic E-state index is 9.66. The zero-order valence-corrected chi connectivity index (χ0v) is 12.3. The van der Waals surface area contributed by atoms with E-state index in [0.29, 0.717) is 11.5 Å². The van der Waals surface area contributed by atoms with Crippen LogP contribution in [0, 0.1) is 0 Å². The second kappa shape index (κ2) is 6.37. The van der Waals surface area contributed by atoms with E-state index in [1.54, 1.807) is 0 Å². The minimum atomic E-state index is -0.141. The van der Waals surface area contributed by atoms with E-state index in [4.69, 9.17) is 4.98 Å². The number of aliphatic hydroxyl groups is 1. The maximum Gasteiger partial charge on any atom is 0.160 e. The predicted molar refractivity (Wildman–Crippen MR) is 88.4 cm³/mol. The molecule has 0 amide bonds. The molecule has 0 aliphatic rings. The normalized spacial score (nSPS) is 10.5. The average molecular weight is 291 g/mol. The SMILES string of the molecule is CNc1c(CO)nc(-c2ccccc2)nc1-c1ccccc1. The first kappa shape index (κ1) is 14.2. The molecular weight excluding hydrogens is 274 g/mol. The Labute approximate surface area is 129 Å². The Morgan fingerprint density at radius 2 is 1.45 bits per heavy atom. The van der Waals surface area contributed by atoms with Crippen LogP contribution in [0.3, 0.4) is 0 Å². The van der Waals surface area contributed by atoms with E-state index in [-0.39, 0.29) is 6.61 Å². The number of aromatic nitrogens is 2. The molecule has 0 saturated carbocycles. The minimum Gasteiger partial charge on any atom is -0.390 e. The molecule has 0 aliphatic heterocycles. The van der Waals surface area contributed by atoms with Crippen LogP contribution in [-0.4, -0.2) is 22.1 Å². The first-order valence-corrected chi connectivity index (χ1v) is 7.14. The van der Waals surface area contributed by atoms with Crippen molar-refractivity contribution in [2.45, 2.75) is 6.61 Å². The van der Waals surface area contributed by atoms with Crippen LogP contribution in [0.25, 0.3) is 22.6 Å². The van der Waals surface area contributed by atoms with Gasteiger partial charge in [0.05, 0.1) is 23.7 Å². The van der Waals surface area contributed by atoms with Crippen molar-refractivity contribution < 1.29 is 5.11 Å². The Bertz CT molecular complexity index is 758. The van der Waals surface area contributed by atoms with Crippen LogP contribution in [0.2, 0.25) is 0 Å². The summed E-state index contributed by atoms with van der Waals surface area (Å²) in [6, 6.07) is 19.7. The third-order valence-electron chi connectivity index (χ3n) is 3.46. The van der Waals surface area contributed by atoms with Crippen LogP contribution in [0.15, 0.2) is 60.7 Å². The van der Waals surface area contributed by atoms with Gasteiger partial charge in [0.25, 0.3) is 0 Å². The van der Waals surface area contributed by atoms with Gasteiger partial charge in [0.15, 0.2) is 5.82 Å². The Kier molecular flexibility index (Phi) is 4.12. The van der Waals surface area contributed by atoms with Gasteiger partial charge in [-0.25, -0.2) is 9.97 Å². The molecule has 22 heavy (non-hydrogen) atoms. The molecule has 0 saturated heterocycles. The highest BCUT2D eigenvalue weighted by molar-refractivity contribution is 5.77. The van der Waals surface area contributed by atoms with Crippen LogP contribution < -0.4 is 5.32 Å². The molecule has 3 aromatic rings. The predicted octanol–water partition coefficient (Wildman–Crippen LogP) is 3.34. The summed E-state index contributed by atoms with van der Waals surface area (Å²) in [5.41, 5.74) is 4.06. The summed E-state index contributed by atoms with van der Waals surface area (Å²) in [5.74, 6) is 0.613. The Morgan fingerprint density at radius 3 is 2.00 bits per heavy atom. The van der Waals surface area contributed by atoms with E-state index in [1.165, 1.54) is 0 Å². The molecule has 0 aliphatic carbocycles. The molecule has 1 heterocycles. The summed E-state index contributed by atoms with van der Waals surface area (Å²) < 4.78 is 0. The quantitative estimate of drug-likeness (QED) is 0.774. The second-order valence-electron chi connectivity index (χ2n) is 4.86. The summed E-state index contributed by atoms with van der Waals surface area (Å²) in [5, 5.41) is 12.8. The van der Waals surface area contributed by atoms with Crippen LogP contribution >= 0.6 is 0 Å². The number of aliphatic hydroxyl groups excluding tert-OH is 1. The zero-order chi connectivity index (χ0) is 15.4. The summed E-state index contributed by atoms with van der Waals surface area (Å²) >= 11 is 0. The average Bonchev–Trinajstić information content (AvgIpc) is 2.62. The van der Waals surface area contributed by atoms with Crippen LogP contribution in [-0.2, 0) is 6.61 Å². The molecule has 4 heteroatoms. The molecule has 0 fully saturated rings. The summed E-state index contributed by atoms with van der Waals surface area (Å²) in [4.78, 5) is 9.20. The largest absolute Gasteiger partial charge is 0.390 e. The van der Waals surface area contributed by atoms with Crippen LogP contribution in [0.5, 0.6) is 0 Å². The summed E-state index contributed by atoms with van der Waals surface area (Å²) in [6.45, 7) is -0.141. The van der Waals surface area contributed by atoms with Crippen molar-refractivity contribution in [3.8, 4) is 22.6 Å². The third-order valence-corrected chi connectivity index (χ3v) is 3.46. The lowest BCUT2D eigenvalue weighted by molar-refractivity contribution is 0.277. The Balaban J connectivity index is 2.23. The first-order chi connectivity index (χ1) is 10.8. The van der Waals surface area contributed by atoms with Crippen molar-refractivity contribution in [1.29, 1.82) is 0 Å². The van der Waals surface area contributed by atoms with Gasteiger partial charge in [-0.2, -0.15) is 0 Å². The number of anilines is 1. The van der Waals surface area contributed by atoms with Crippen molar-refractivity contribution in [3.05, 3.63) is 66.4 Å². The van der Waals surface area contributed by atoms with Crippen molar-refractivity contribution >= 4 is 5.69 Å². The molecule has 0 radical (unpaired) electrons. The lowest BCUT2D eigenvalue weighted by Crippen LogP contribution is -2.05. The van der Waals surface area contributed by atoms with Gasteiger partial charge in [-0.15, -0.1) is 0 Å². The highest BCUT2D eigenvalue weighted by Gasteiger charge is 2.15. The van der Waals surface area contributed by atoms with E-state index in [2.05, 4.69) is 10.3 Å². The van der Waals surface area contributed by atoms with Gasteiger partial charge >= 0.3 is 0 Å². The van der Waals surface area contributed by atoms with Gasteiger partial charge < -0.3 is 10.4 Å². The van der Waals surface area contributed by atoms with E-state index in [0.717, 1.165) is 22.5 Å². The van der Waals surface area contributed by atoms with Crippen molar-refractivity contribution in [2.24, 2.45) is 0 Å². The van der Waals surface area contributed by atoms with Gasteiger partial charge in [0, 0.05) is 18.2 Å². The minimum absolute atomic E-state index is 0.141.